The van der Waals surface area contributed by atoms with Crippen molar-refractivity contribution in [3.63, 3.8) is 0 Å². The number of nitrogens with zero attached hydrogens (tertiary/aromatic N) is 2. The zero-order valence-electron chi connectivity index (χ0n) is 13.0. The molecule has 0 spiro atoms. The summed E-state index contributed by atoms with van der Waals surface area (Å²) in [5.74, 6) is 1.47. The van der Waals surface area contributed by atoms with Gasteiger partial charge in [0, 0.05) is 17.5 Å². The highest BCUT2D eigenvalue weighted by Gasteiger charge is 2.05. The first-order chi connectivity index (χ1) is 11.3. The Morgan fingerprint density at radius 2 is 1.52 bits per heavy atom. The Balaban J connectivity index is 1.64. The number of ether oxygens (including phenoxy) is 1. The van der Waals surface area contributed by atoms with E-state index in [-0.39, 0.29) is 0 Å². The average Bonchev–Trinajstić information content (AvgIpc) is 2.60. The fraction of sp³-hybridized carbons (Fsp3) is 0.158. The van der Waals surface area contributed by atoms with Gasteiger partial charge in [0.1, 0.15) is 6.61 Å². The minimum Gasteiger partial charge on any atom is -0.473 e. The van der Waals surface area contributed by atoms with Gasteiger partial charge in [0.2, 0.25) is 5.88 Å². The fourth-order valence-corrected chi connectivity index (χ4v) is 2.96. The molecule has 0 atom stereocenters. The monoisotopic (exact) mass is 322 g/mol. The molecule has 2 aromatic carbocycles. The molecule has 0 saturated carbocycles. The molecule has 0 aliphatic carbocycles. The third-order valence-electron chi connectivity index (χ3n) is 3.25. The number of benzene rings is 2. The van der Waals surface area contributed by atoms with Crippen molar-refractivity contribution < 1.29 is 4.74 Å². The molecule has 0 aliphatic rings. The van der Waals surface area contributed by atoms with Crippen LogP contribution in [0.2, 0.25) is 0 Å². The van der Waals surface area contributed by atoms with E-state index in [2.05, 4.69) is 22.1 Å². The number of aromatic nitrogens is 2. The van der Waals surface area contributed by atoms with Crippen LogP contribution in [0.1, 0.15) is 16.8 Å². The van der Waals surface area contributed by atoms with E-state index in [0.717, 1.165) is 22.2 Å². The Hall–Kier alpha value is -2.33. The summed E-state index contributed by atoms with van der Waals surface area (Å²) in [5.41, 5.74) is 3.30. The van der Waals surface area contributed by atoms with Gasteiger partial charge in [-0.3, -0.25) is 0 Å². The fourth-order valence-electron chi connectivity index (χ4n) is 2.11. The smallest absolute Gasteiger partial charge is 0.217 e. The molecule has 0 aliphatic heterocycles. The summed E-state index contributed by atoms with van der Waals surface area (Å²) in [7, 11) is 0. The highest BCUT2D eigenvalue weighted by Crippen LogP contribution is 2.22. The van der Waals surface area contributed by atoms with E-state index in [9.17, 15) is 0 Å². The lowest BCUT2D eigenvalue weighted by molar-refractivity contribution is 0.290. The van der Waals surface area contributed by atoms with Crippen LogP contribution in [0.5, 0.6) is 5.88 Å². The average molecular weight is 322 g/mol. The largest absolute Gasteiger partial charge is 0.473 e. The number of rotatable bonds is 6. The van der Waals surface area contributed by atoms with Gasteiger partial charge in [0.15, 0.2) is 5.16 Å². The molecule has 116 valence electrons. The molecule has 0 fully saturated rings. The molecule has 3 nitrogen and oxygen atoms in total. The van der Waals surface area contributed by atoms with Gasteiger partial charge in [0.05, 0.1) is 0 Å². The maximum atomic E-state index is 5.80. The molecule has 0 amide bonds. The second-order valence-corrected chi connectivity index (χ2v) is 6.12. The minimum atomic E-state index is 0.514. The Bertz CT molecular complexity index is 686. The molecule has 0 saturated heterocycles. The minimum absolute atomic E-state index is 0.514. The summed E-state index contributed by atoms with van der Waals surface area (Å²) in [6, 6.07) is 22.3. The number of hydrogen-bond acceptors (Lipinski definition) is 4. The van der Waals surface area contributed by atoms with Gasteiger partial charge in [-0.1, -0.05) is 72.4 Å². The highest BCUT2D eigenvalue weighted by atomic mass is 32.2. The van der Waals surface area contributed by atoms with Crippen molar-refractivity contribution in [2.45, 2.75) is 24.4 Å². The van der Waals surface area contributed by atoms with Crippen LogP contribution in [0, 0.1) is 6.92 Å². The predicted molar refractivity (Wildman–Crippen MR) is 93.5 cm³/mol. The van der Waals surface area contributed by atoms with Gasteiger partial charge in [-0.2, -0.15) is 4.98 Å². The van der Waals surface area contributed by atoms with E-state index in [0.29, 0.717) is 12.5 Å². The Morgan fingerprint density at radius 3 is 2.22 bits per heavy atom. The van der Waals surface area contributed by atoms with E-state index < -0.39 is 0 Å². The van der Waals surface area contributed by atoms with Crippen molar-refractivity contribution in [2.75, 3.05) is 0 Å². The Labute approximate surface area is 140 Å². The van der Waals surface area contributed by atoms with Crippen LogP contribution in [0.25, 0.3) is 0 Å². The Morgan fingerprint density at radius 1 is 0.870 bits per heavy atom. The number of aryl methyl sites for hydroxylation is 1. The maximum Gasteiger partial charge on any atom is 0.217 e. The molecule has 0 bridgehead atoms. The van der Waals surface area contributed by atoms with Crippen LogP contribution in [0.15, 0.2) is 71.9 Å². The van der Waals surface area contributed by atoms with E-state index >= 15 is 0 Å². The van der Waals surface area contributed by atoms with Crippen molar-refractivity contribution in [1.82, 2.24) is 9.97 Å². The van der Waals surface area contributed by atoms with Crippen LogP contribution in [-0.4, -0.2) is 9.97 Å². The molecule has 0 radical (unpaired) electrons. The lowest BCUT2D eigenvalue weighted by atomic mass is 10.2. The van der Waals surface area contributed by atoms with Gasteiger partial charge < -0.3 is 4.74 Å². The predicted octanol–water partition coefficient (Wildman–Crippen LogP) is 4.66. The third-order valence-corrected chi connectivity index (χ3v) is 4.17. The van der Waals surface area contributed by atoms with Crippen molar-refractivity contribution in [1.29, 1.82) is 0 Å². The summed E-state index contributed by atoms with van der Waals surface area (Å²) >= 11 is 1.62. The lowest BCUT2D eigenvalue weighted by Gasteiger charge is -2.08. The van der Waals surface area contributed by atoms with Crippen molar-refractivity contribution >= 4 is 11.8 Å². The molecule has 3 aromatic rings. The molecule has 4 heteroatoms. The van der Waals surface area contributed by atoms with Crippen LogP contribution >= 0.6 is 11.8 Å². The summed E-state index contributed by atoms with van der Waals surface area (Å²) in [6.07, 6.45) is 0. The molecular formula is C19H18N2OS. The normalized spacial score (nSPS) is 10.5. The van der Waals surface area contributed by atoms with Gasteiger partial charge in [0.25, 0.3) is 0 Å². The number of hydrogen-bond donors (Lipinski definition) is 0. The summed E-state index contributed by atoms with van der Waals surface area (Å²) < 4.78 is 5.80. The van der Waals surface area contributed by atoms with E-state index in [1.807, 2.05) is 61.5 Å². The van der Waals surface area contributed by atoms with E-state index in [1.54, 1.807) is 11.8 Å². The first-order valence-corrected chi connectivity index (χ1v) is 8.47. The lowest BCUT2D eigenvalue weighted by Crippen LogP contribution is -2.00. The highest BCUT2D eigenvalue weighted by molar-refractivity contribution is 7.98. The molecule has 3 rings (SSSR count). The van der Waals surface area contributed by atoms with Crippen molar-refractivity contribution in [3.8, 4) is 5.88 Å². The van der Waals surface area contributed by atoms with Crippen molar-refractivity contribution in [3.05, 3.63) is 83.6 Å². The SMILES string of the molecule is Cc1cc(OCc2ccccc2)nc(SCc2ccccc2)n1. The first kappa shape index (κ1) is 15.6. The Kier molecular flexibility index (Phi) is 5.27. The molecule has 0 N–H and O–H groups in total. The van der Waals surface area contributed by atoms with Crippen molar-refractivity contribution in [2.24, 2.45) is 0 Å². The summed E-state index contributed by atoms with van der Waals surface area (Å²) in [5, 5.41) is 0.747. The second-order valence-electron chi connectivity index (χ2n) is 5.18. The molecule has 1 aromatic heterocycles. The molecule has 1 heterocycles. The van der Waals surface area contributed by atoms with Crippen LogP contribution in [-0.2, 0) is 12.4 Å². The summed E-state index contributed by atoms with van der Waals surface area (Å²) in [6.45, 7) is 2.48. The zero-order chi connectivity index (χ0) is 15.9. The molecule has 0 unspecified atom stereocenters. The van der Waals surface area contributed by atoms with Crippen LogP contribution < -0.4 is 4.74 Å². The topological polar surface area (TPSA) is 35.0 Å². The third kappa shape index (κ3) is 4.83. The van der Waals surface area contributed by atoms with Gasteiger partial charge in [-0.25, -0.2) is 4.98 Å². The summed E-state index contributed by atoms with van der Waals surface area (Å²) in [4.78, 5) is 8.97. The quantitative estimate of drug-likeness (QED) is 0.488. The van der Waals surface area contributed by atoms with E-state index in [4.69, 9.17) is 4.74 Å². The number of thioether (sulfide) groups is 1. The van der Waals surface area contributed by atoms with Crippen LogP contribution in [0.4, 0.5) is 0 Å². The van der Waals surface area contributed by atoms with Crippen LogP contribution in [0.3, 0.4) is 0 Å². The maximum absolute atomic E-state index is 5.80. The second kappa shape index (κ2) is 7.79. The molecular weight excluding hydrogens is 304 g/mol. The first-order valence-electron chi connectivity index (χ1n) is 7.49. The standard InChI is InChI=1S/C19H18N2OS/c1-15-12-18(22-13-16-8-4-2-5-9-16)21-19(20-15)23-14-17-10-6-3-7-11-17/h2-12H,13-14H2,1H3. The molecule has 23 heavy (non-hydrogen) atoms. The van der Waals surface area contributed by atoms with Gasteiger partial charge in [-0.15, -0.1) is 0 Å². The van der Waals surface area contributed by atoms with Gasteiger partial charge in [-0.05, 0) is 18.1 Å². The zero-order valence-corrected chi connectivity index (χ0v) is 13.8. The van der Waals surface area contributed by atoms with E-state index in [1.165, 1.54) is 5.56 Å². The van der Waals surface area contributed by atoms with Gasteiger partial charge >= 0.3 is 0 Å².